The number of benzene rings is 1. The van der Waals surface area contributed by atoms with Crippen LogP contribution in [0, 0.1) is 10.6 Å². The number of halogens is 2. The van der Waals surface area contributed by atoms with Gasteiger partial charge in [-0.1, -0.05) is 0 Å². The van der Waals surface area contributed by atoms with Crippen molar-refractivity contribution in [2.45, 2.75) is 0 Å². The van der Waals surface area contributed by atoms with Crippen molar-refractivity contribution in [2.75, 3.05) is 5.73 Å². The molecular formula is C8H6BrFN4S. The summed E-state index contributed by atoms with van der Waals surface area (Å²) in [5.74, 6) is -0.184. The SMILES string of the molecule is Nc1n[nH]c(=S)n1-c1ccc(Br)c(F)c1. The number of H-pyrrole nitrogens is 1. The Bertz CT molecular complexity index is 562. The molecule has 0 bridgehead atoms. The summed E-state index contributed by atoms with van der Waals surface area (Å²) in [6.07, 6.45) is 0. The maximum absolute atomic E-state index is 13.3. The van der Waals surface area contributed by atoms with Crippen LogP contribution in [-0.2, 0) is 0 Å². The summed E-state index contributed by atoms with van der Waals surface area (Å²) in [6.45, 7) is 0. The van der Waals surface area contributed by atoms with Crippen molar-refractivity contribution in [3.8, 4) is 5.69 Å². The molecule has 0 aliphatic carbocycles. The Morgan fingerprint density at radius 1 is 1.53 bits per heavy atom. The summed E-state index contributed by atoms with van der Waals surface area (Å²) in [6, 6.07) is 4.60. The van der Waals surface area contributed by atoms with E-state index in [4.69, 9.17) is 18.0 Å². The molecule has 0 aliphatic rings. The highest BCUT2D eigenvalue weighted by Gasteiger charge is 2.07. The van der Waals surface area contributed by atoms with Gasteiger partial charge in [0.1, 0.15) is 5.82 Å². The van der Waals surface area contributed by atoms with Crippen LogP contribution in [0.5, 0.6) is 0 Å². The van der Waals surface area contributed by atoms with Gasteiger partial charge in [0, 0.05) is 0 Å². The molecule has 1 heterocycles. The molecule has 15 heavy (non-hydrogen) atoms. The molecule has 0 unspecified atom stereocenters. The average Bonchev–Trinajstić information content (AvgIpc) is 2.52. The van der Waals surface area contributed by atoms with Crippen LogP contribution in [0.25, 0.3) is 5.69 Å². The second kappa shape index (κ2) is 3.74. The van der Waals surface area contributed by atoms with Crippen LogP contribution >= 0.6 is 28.1 Å². The normalized spacial score (nSPS) is 10.5. The van der Waals surface area contributed by atoms with Crippen molar-refractivity contribution in [2.24, 2.45) is 0 Å². The third-order valence-electron chi connectivity index (χ3n) is 1.86. The molecule has 2 aromatic rings. The molecule has 0 fully saturated rings. The van der Waals surface area contributed by atoms with Gasteiger partial charge in [-0.2, -0.15) is 0 Å². The van der Waals surface area contributed by atoms with Gasteiger partial charge in [-0.05, 0) is 46.3 Å². The quantitative estimate of drug-likeness (QED) is 0.793. The Labute approximate surface area is 98.0 Å². The van der Waals surface area contributed by atoms with Crippen molar-refractivity contribution in [3.05, 3.63) is 33.3 Å². The van der Waals surface area contributed by atoms with Crippen LogP contribution in [0.2, 0.25) is 0 Å². The number of nitrogen functional groups attached to an aromatic ring is 1. The molecule has 0 amide bonds. The second-order valence-electron chi connectivity index (χ2n) is 2.82. The van der Waals surface area contributed by atoms with Gasteiger partial charge >= 0.3 is 0 Å². The number of nitrogens with two attached hydrogens (primary N) is 1. The van der Waals surface area contributed by atoms with E-state index in [1.54, 1.807) is 12.1 Å². The zero-order chi connectivity index (χ0) is 11.0. The molecule has 78 valence electrons. The molecule has 4 nitrogen and oxygen atoms in total. The lowest BCUT2D eigenvalue weighted by atomic mass is 10.3. The van der Waals surface area contributed by atoms with Gasteiger partial charge in [0.2, 0.25) is 10.7 Å². The van der Waals surface area contributed by atoms with E-state index in [-0.39, 0.29) is 11.8 Å². The number of nitrogens with one attached hydrogen (secondary N) is 1. The molecule has 1 aromatic heterocycles. The summed E-state index contributed by atoms with van der Waals surface area (Å²) in [5.41, 5.74) is 6.12. The van der Waals surface area contributed by atoms with E-state index >= 15 is 0 Å². The number of hydrogen-bond acceptors (Lipinski definition) is 3. The van der Waals surface area contributed by atoms with Crippen LogP contribution in [0.1, 0.15) is 0 Å². The van der Waals surface area contributed by atoms with Crippen molar-refractivity contribution in [1.29, 1.82) is 0 Å². The largest absolute Gasteiger partial charge is 0.368 e. The molecule has 0 radical (unpaired) electrons. The van der Waals surface area contributed by atoms with Gasteiger partial charge in [-0.25, -0.2) is 9.49 Å². The summed E-state index contributed by atoms with van der Waals surface area (Å²) in [5, 5.41) is 6.26. The molecular weight excluding hydrogens is 283 g/mol. The topological polar surface area (TPSA) is 59.6 Å². The summed E-state index contributed by atoms with van der Waals surface area (Å²) in [7, 11) is 0. The lowest BCUT2D eigenvalue weighted by Crippen LogP contribution is -2.01. The van der Waals surface area contributed by atoms with E-state index in [9.17, 15) is 4.39 Å². The first-order valence-corrected chi connectivity index (χ1v) is 5.18. The molecule has 0 spiro atoms. The van der Waals surface area contributed by atoms with Gasteiger partial charge in [0.25, 0.3) is 0 Å². The summed E-state index contributed by atoms with van der Waals surface area (Å²) in [4.78, 5) is 0. The Hall–Kier alpha value is -1.21. The minimum Gasteiger partial charge on any atom is -0.368 e. The van der Waals surface area contributed by atoms with Crippen molar-refractivity contribution in [3.63, 3.8) is 0 Å². The maximum atomic E-state index is 13.3. The number of hydrogen-bond donors (Lipinski definition) is 2. The van der Waals surface area contributed by atoms with Crippen LogP contribution in [-0.4, -0.2) is 14.8 Å². The monoisotopic (exact) mass is 288 g/mol. The highest BCUT2D eigenvalue weighted by molar-refractivity contribution is 9.10. The van der Waals surface area contributed by atoms with Gasteiger partial charge < -0.3 is 5.73 Å². The van der Waals surface area contributed by atoms with E-state index in [2.05, 4.69) is 26.1 Å². The molecule has 0 aliphatic heterocycles. The standard InChI is InChI=1S/C8H6BrFN4S/c9-5-2-1-4(3-6(5)10)14-7(11)12-13-8(14)15/h1-3H,(H2,11,12)(H,13,15). The van der Waals surface area contributed by atoms with Crippen molar-refractivity contribution in [1.82, 2.24) is 14.8 Å². The van der Waals surface area contributed by atoms with Gasteiger partial charge in [0.05, 0.1) is 10.2 Å². The lowest BCUT2D eigenvalue weighted by Gasteiger charge is -2.04. The first kappa shape index (κ1) is 10.3. The predicted molar refractivity (Wildman–Crippen MR) is 60.8 cm³/mol. The minimum absolute atomic E-state index is 0.196. The predicted octanol–water partition coefficient (Wildman–Crippen LogP) is 2.41. The number of aromatic amines is 1. The molecule has 0 saturated carbocycles. The fourth-order valence-electron chi connectivity index (χ4n) is 1.18. The van der Waals surface area contributed by atoms with Gasteiger partial charge in [0.15, 0.2) is 0 Å². The van der Waals surface area contributed by atoms with Gasteiger partial charge in [-0.15, -0.1) is 5.10 Å². The number of anilines is 1. The van der Waals surface area contributed by atoms with E-state index < -0.39 is 0 Å². The summed E-state index contributed by atoms with van der Waals surface area (Å²) >= 11 is 8.03. The van der Waals surface area contributed by atoms with E-state index in [1.165, 1.54) is 10.6 Å². The van der Waals surface area contributed by atoms with Crippen LogP contribution in [0.15, 0.2) is 22.7 Å². The Balaban J connectivity index is 2.65. The number of rotatable bonds is 1. The van der Waals surface area contributed by atoms with Crippen LogP contribution < -0.4 is 5.73 Å². The molecule has 0 saturated heterocycles. The van der Waals surface area contributed by atoms with Crippen molar-refractivity contribution >= 4 is 34.1 Å². The molecule has 1 aromatic carbocycles. The third kappa shape index (κ3) is 1.80. The number of nitrogens with zero attached hydrogens (tertiary/aromatic N) is 2. The van der Waals surface area contributed by atoms with E-state index in [0.717, 1.165) is 0 Å². The fraction of sp³-hybridized carbons (Fsp3) is 0. The summed E-state index contributed by atoms with van der Waals surface area (Å²) < 4.78 is 15.4. The highest BCUT2D eigenvalue weighted by atomic mass is 79.9. The maximum Gasteiger partial charge on any atom is 0.225 e. The van der Waals surface area contributed by atoms with Crippen LogP contribution in [0.3, 0.4) is 0 Å². The Morgan fingerprint density at radius 2 is 2.27 bits per heavy atom. The van der Waals surface area contributed by atoms with Gasteiger partial charge in [-0.3, -0.25) is 4.57 Å². The highest BCUT2D eigenvalue weighted by Crippen LogP contribution is 2.20. The Kier molecular flexibility index (Phi) is 2.57. The van der Waals surface area contributed by atoms with Crippen LogP contribution in [0.4, 0.5) is 10.3 Å². The molecule has 2 rings (SSSR count). The van der Waals surface area contributed by atoms with Crippen molar-refractivity contribution < 1.29 is 4.39 Å². The first-order valence-electron chi connectivity index (χ1n) is 3.98. The zero-order valence-corrected chi connectivity index (χ0v) is 9.77. The minimum atomic E-state index is -0.380. The second-order valence-corrected chi connectivity index (χ2v) is 4.06. The molecule has 0 atom stereocenters. The molecule has 3 N–H and O–H groups in total. The fourth-order valence-corrected chi connectivity index (χ4v) is 1.67. The number of aromatic nitrogens is 3. The van der Waals surface area contributed by atoms with E-state index in [0.29, 0.717) is 14.9 Å². The molecule has 7 heteroatoms. The zero-order valence-electron chi connectivity index (χ0n) is 7.37. The first-order chi connectivity index (χ1) is 7.09. The third-order valence-corrected chi connectivity index (χ3v) is 2.78. The lowest BCUT2D eigenvalue weighted by molar-refractivity contribution is 0.620. The van der Waals surface area contributed by atoms with E-state index in [1.807, 2.05) is 0 Å². The average molecular weight is 289 g/mol. The smallest absolute Gasteiger partial charge is 0.225 e. The Morgan fingerprint density at radius 3 is 2.80 bits per heavy atom.